The number of pyridine rings is 1. The number of anilines is 1. The van der Waals surface area contributed by atoms with E-state index in [1.165, 1.54) is 19.3 Å². The van der Waals surface area contributed by atoms with Gasteiger partial charge in [-0.05, 0) is 43.0 Å². The van der Waals surface area contributed by atoms with Crippen molar-refractivity contribution in [1.29, 1.82) is 0 Å². The molecule has 126 valence electrons. The topological polar surface area (TPSA) is 76.3 Å². The highest BCUT2D eigenvalue weighted by atomic mass is 35.5. The number of hydrogen-bond donors (Lipinski definition) is 1. The predicted octanol–water partition coefficient (Wildman–Crippen LogP) is 3.88. The van der Waals surface area contributed by atoms with Crippen molar-refractivity contribution in [2.75, 3.05) is 5.01 Å². The molecule has 1 heterocycles. The largest absolute Gasteiger partial charge is 0.296 e. The van der Waals surface area contributed by atoms with E-state index in [0.29, 0.717) is 45.9 Å². The smallest absolute Gasteiger partial charge is 0.241 e. The van der Waals surface area contributed by atoms with E-state index in [0.717, 1.165) is 17.9 Å². The number of aromatic nitrogens is 1. The van der Waals surface area contributed by atoms with Gasteiger partial charge >= 0.3 is 0 Å². The summed E-state index contributed by atoms with van der Waals surface area (Å²) in [5.74, 6) is 6.35. The summed E-state index contributed by atoms with van der Waals surface area (Å²) in [5, 5.41) is 2.19. The first kappa shape index (κ1) is 16.9. The van der Waals surface area contributed by atoms with Gasteiger partial charge in [0.25, 0.3) is 0 Å². The van der Waals surface area contributed by atoms with Crippen LogP contribution in [0, 0.1) is 5.92 Å². The summed E-state index contributed by atoms with van der Waals surface area (Å²) in [6, 6.07) is 6.68. The maximum atomic E-state index is 12.6. The second-order valence-corrected chi connectivity index (χ2v) is 6.70. The van der Waals surface area contributed by atoms with E-state index in [1.807, 2.05) is 0 Å². The van der Waals surface area contributed by atoms with Crippen LogP contribution in [0.3, 0.4) is 0 Å². The quantitative estimate of drug-likeness (QED) is 0.395. The second kappa shape index (κ2) is 7.28. The number of halogens is 1. The molecular weight excluding hydrogens is 326 g/mol. The molecule has 1 aromatic carbocycles. The van der Waals surface area contributed by atoms with E-state index in [4.69, 9.17) is 17.4 Å². The van der Waals surface area contributed by atoms with Crippen LogP contribution in [0.4, 0.5) is 5.69 Å². The maximum Gasteiger partial charge on any atom is 0.241 e. The lowest BCUT2D eigenvalue weighted by molar-refractivity contribution is -0.119. The van der Waals surface area contributed by atoms with Crippen molar-refractivity contribution in [1.82, 2.24) is 4.98 Å². The molecule has 1 aliphatic carbocycles. The number of rotatable bonds is 4. The molecule has 0 spiro atoms. The van der Waals surface area contributed by atoms with Gasteiger partial charge in [0.15, 0.2) is 6.29 Å². The standard InChI is InChI=1S/C18H20ClN3O2/c19-15-8-9-16-14(7-6-13(11-23)21-16)18(15)22(20)17(24)10-12-4-2-1-3-5-12/h6-9,11-12H,1-5,10,20H2. The van der Waals surface area contributed by atoms with Gasteiger partial charge in [-0.15, -0.1) is 0 Å². The number of nitrogens with zero attached hydrogens (tertiary/aromatic N) is 2. The third-order valence-corrected chi connectivity index (χ3v) is 4.94. The van der Waals surface area contributed by atoms with Crippen LogP contribution in [0.5, 0.6) is 0 Å². The number of amides is 1. The Labute approximate surface area is 145 Å². The summed E-state index contributed by atoms with van der Waals surface area (Å²) in [6.45, 7) is 0. The average molecular weight is 346 g/mol. The molecule has 1 aliphatic rings. The van der Waals surface area contributed by atoms with Crippen LogP contribution in [0.25, 0.3) is 10.9 Å². The molecule has 1 amide bonds. The summed E-state index contributed by atoms with van der Waals surface area (Å²) >= 11 is 6.29. The molecule has 0 saturated heterocycles. The van der Waals surface area contributed by atoms with Crippen molar-refractivity contribution in [3.05, 3.63) is 35.0 Å². The molecule has 1 aromatic heterocycles. The SMILES string of the molecule is NN(C(=O)CC1CCCCC1)c1c(Cl)ccc2nc(C=O)ccc12. The summed E-state index contributed by atoms with van der Waals surface area (Å²) in [4.78, 5) is 27.7. The molecule has 0 unspecified atom stereocenters. The Morgan fingerprint density at radius 2 is 2.00 bits per heavy atom. The lowest BCUT2D eigenvalue weighted by atomic mass is 9.87. The minimum atomic E-state index is -0.143. The van der Waals surface area contributed by atoms with Crippen molar-refractivity contribution >= 4 is 40.4 Å². The highest BCUT2D eigenvalue weighted by Crippen LogP contribution is 2.34. The van der Waals surface area contributed by atoms with Gasteiger partial charge in [-0.1, -0.05) is 30.9 Å². The minimum absolute atomic E-state index is 0.143. The third kappa shape index (κ3) is 3.42. The molecule has 0 bridgehead atoms. The van der Waals surface area contributed by atoms with Crippen molar-refractivity contribution in [2.24, 2.45) is 11.8 Å². The molecule has 0 radical (unpaired) electrons. The molecule has 5 nitrogen and oxygen atoms in total. The van der Waals surface area contributed by atoms with Crippen LogP contribution in [-0.4, -0.2) is 17.2 Å². The second-order valence-electron chi connectivity index (χ2n) is 6.29. The fourth-order valence-electron chi connectivity index (χ4n) is 3.35. The van der Waals surface area contributed by atoms with Crippen LogP contribution < -0.4 is 10.9 Å². The molecule has 6 heteroatoms. The number of nitrogens with two attached hydrogens (primary N) is 1. The van der Waals surface area contributed by atoms with Gasteiger partial charge in [-0.2, -0.15) is 0 Å². The fraction of sp³-hybridized carbons (Fsp3) is 0.389. The Bertz CT molecular complexity index is 772. The lowest BCUT2D eigenvalue weighted by Gasteiger charge is -2.25. The zero-order chi connectivity index (χ0) is 17.1. The van der Waals surface area contributed by atoms with Gasteiger partial charge in [-0.25, -0.2) is 15.8 Å². The van der Waals surface area contributed by atoms with Gasteiger partial charge in [0.2, 0.25) is 5.91 Å². The van der Waals surface area contributed by atoms with Crippen LogP contribution in [0.2, 0.25) is 5.02 Å². The molecule has 3 rings (SSSR count). The zero-order valence-electron chi connectivity index (χ0n) is 13.4. The molecule has 0 aliphatic heterocycles. The molecule has 2 N–H and O–H groups in total. The first-order chi connectivity index (χ1) is 11.6. The van der Waals surface area contributed by atoms with Gasteiger partial charge in [0.05, 0.1) is 16.2 Å². The van der Waals surface area contributed by atoms with Gasteiger partial charge in [0.1, 0.15) is 5.69 Å². The number of carbonyl (C=O) groups excluding carboxylic acids is 2. The number of benzene rings is 1. The summed E-state index contributed by atoms with van der Waals surface area (Å²) < 4.78 is 0. The Kier molecular flexibility index (Phi) is 5.11. The summed E-state index contributed by atoms with van der Waals surface area (Å²) in [5.41, 5.74) is 1.35. The highest BCUT2D eigenvalue weighted by Gasteiger charge is 2.23. The van der Waals surface area contributed by atoms with E-state index in [9.17, 15) is 9.59 Å². The van der Waals surface area contributed by atoms with E-state index >= 15 is 0 Å². The van der Waals surface area contributed by atoms with Crippen LogP contribution in [0.15, 0.2) is 24.3 Å². The first-order valence-corrected chi connectivity index (χ1v) is 8.60. The number of hydrogen-bond acceptors (Lipinski definition) is 4. The predicted molar refractivity (Wildman–Crippen MR) is 95.0 cm³/mol. The van der Waals surface area contributed by atoms with Gasteiger partial charge < -0.3 is 0 Å². The minimum Gasteiger partial charge on any atom is -0.296 e. The first-order valence-electron chi connectivity index (χ1n) is 8.22. The van der Waals surface area contributed by atoms with E-state index in [1.54, 1.807) is 24.3 Å². The zero-order valence-corrected chi connectivity index (χ0v) is 14.1. The third-order valence-electron chi connectivity index (χ3n) is 4.63. The molecule has 24 heavy (non-hydrogen) atoms. The van der Waals surface area contributed by atoms with Gasteiger partial charge in [0, 0.05) is 11.8 Å². The average Bonchev–Trinajstić information content (AvgIpc) is 2.61. The molecule has 1 saturated carbocycles. The Morgan fingerprint density at radius 3 is 2.71 bits per heavy atom. The number of aldehydes is 1. The highest BCUT2D eigenvalue weighted by molar-refractivity contribution is 6.35. The summed E-state index contributed by atoms with van der Waals surface area (Å²) in [7, 11) is 0. The molecular formula is C18H20ClN3O2. The van der Waals surface area contributed by atoms with Crippen molar-refractivity contribution in [2.45, 2.75) is 38.5 Å². The number of carbonyl (C=O) groups is 2. The Hall–Kier alpha value is -1.98. The monoisotopic (exact) mass is 345 g/mol. The number of fused-ring (bicyclic) bond motifs is 1. The van der Waals surface area contributed by atoms with E-state index in [2.05, 4.69) is 4.98 Å². The molecule has 2 aromatic rings. The van der Waals surface area contributed by atoms with Crippen molar-refractivity contribution < 1.29 is 9.59 Å². The van der Waals surface area contributed by atoms with Crippen molar-refractivity contribution in [3.63, 3.8) is 0 Å². The maximum absolute atomic E-state index is 12.6. The Morgan fingerprint density at radius 1 is 1.25 bits per heavy atom. The van der Waals surface area contributed by atoms with Crippen molar-refractivity contribution in [3.8, 4) is 0 Å². The fourth-order valence-corrected chi connectivity index (χ4v) is 3.61. The lowest BCUT2D eigenvalue weighted by Crippen LogP contribution is -2.39. The van der Waals surface area contributed by atoms with Crippen LogP contribution >= 0.6 is 11.6 Å². The number of hydrazine groups is 1. The van der Waals surface area contributed by atoms with E-state index in [-0.39, 0.29) is 5.91 Å². The summed E-state index contributed by atoms with van der Waals surface area (Å²) in [6.07, 6.45) is 6.87. The normalized spacial score (nSPS) is 15.4. The molecule has 1 fully saturated rings. The molecule has 0 atom stereocenters. The van der Waals surface area contributed by atoms with Gasteiger partial charge in [-0.3, -0.25) is 9.59 Å². The Balaban J connectivity index is 1.90. The van der Waals surface area contributed by atoms with E-state index < -0.39 is 0 Å². The van der Waals surface area contributed by atoms with Crippen LogP contribution in [0.1, 0.15) is 49.0 Å². The van der Waals surface area contributed by atoms with Crippen LogP contribution in [-0.2, 0) is 4.79 Å².